The fourth-order valence-electron chi connectivity index (χ4n) is 5.69. The van der Waals surface area contributed by atoms with Crippen molar-refractivity contribution in [2.24, 2.45) is 0 Å². The summed E-state index contributed by atoms with van der Waals surface area (Å²) in [5, 5.41) is 0.440. The maximum absolute atomic E-state index is 14.7. The highest BCUT2D eigenvalue weighted by Gasteiger charge is 2.80. The summed E-state index contributed by atoms with van der Waals surface area (Å²) in [5.74, 6) is -24.4. The second-order valence-electron chi connectivity index (χ2n) is 12.1. The lowest BCUT2D eigenvalue weighted by Crippen LogP contribution is -2.62. The first-order valence-electron chi connectivity index (χ1n) is 17.2. The molecule has 0 aliphatic rings. The van der Waals surface area contributed by atoms with E-state index in [1.165, 1.54) is 32.9 Å². The zero-order chi connectivity index (χ0) is 38.1. The number of fused-ring (bicyclic) bond motifs is 1. The second-order valence-corrected chi connectivity index (χ2v) is 14.8. The number of hydrogen-bond acceptors (Lipinski definition) is 6. The van der Waals surface area contributed by atoms with Gasteiger partial charge < -0.3 is 22.4 Å². The zero-order valence-corrected chi connectivity index (χ0v) is 30.5. The van der Waals surface area contributed by atoms with Gasteiger partial charge in [0.15, 0.2) is 0 Å². The number of hydrogen-bond donors (Lipinski definition) is 0. The molecule has 0 spiro atoms. The molecule has 0 saturated heterocycles. The molecule has 51 heavy (non-hydrogen) atoms. The summed E-state index contributed by atoms with van der Waals surface area (Å²) in [6, 6.07) is 10.3. The summed E-state index contributed by atoms with van der Waals surface area (Å²) in [6.45, 7) is 6.89. The first kappa shape index (κ1) is 42.4. The normalized spacial score (nSPS) is 13.3. The van der Waals surface area contributed by atoms with Gasteiger partial charge in [0.05, 0.1) is 18.6 Å². The Morgan fingerprint density at radius 2 is 1.31 bits per heavy atom. The number of alkyl halides is 8. The fourth-order valence-corrected chi connectivity index (χ4v) is 8.31. The molecule has 0 amide bonds. The van der Waals surface area contributed by atoms with Crippen molar-refractivity contribution in [3.05, 3.63) is 64.0 Å². The van der Waals surface area contributed by atoms with E-state index in [1.807, 2.05) is 19.1 Å². The standard InChI is InChI=1S/C36H46F8O6Si/c1-6-11-12-13-25-14-17-29(26(7-2)22-25)30-23-27-15-16-28(24-31(27)50-32(30)45)46-20-18-33(37,38)35(41,42)36(43,44)34(39,40)19-21-51(47-8-3,48-9-4)49-10-5/h14-17,22-24H,6-13,18-21H2,1-5H3. The van der Waals surface area contributed by atoms with Gasteiger partial charge in [-0.3, -0.25) is 0 Å². The highest BCUT2D eigenvalue weighted by atomic mass is 28.4. The van der Waals surface area contributed by atoms with Gasteiger partial charge in [0.25, 0.3) is 0 Å². The van der Waals surface area contributed by atoms with Crippen LogP contribution < -0.4 is 10.4 Å². The van der Waals surface area contributed by atoms with Crippen LogP contribution in [-0.4, -0.2) is 58.9 Å². The third kappa shape index (κ3) is 9.70. The van der Waals surface area contributed by atoms with Crippen LogP contribution in [0.25, 0.3) is 22.1 Å². The molecule has 0 atom stereocenters. The van der Waals surface area contributed by atoms with Crippen molar-refractivity contribution in [2.45, 2.75) is 109 Å². The molecule has 0 bridgehead atoms. The minimum absolute atomic E-state index is 0.00969. The number of unbranched alkanes of at least 4 members (excludes halogenated alkanes) is 2. The van der Waals surface area contributed by atoms with Crippen molar-refractivity contribution in [3.63, 3.8) is 0 Å². The Morgan fingerprint density at radius 3 is 1.88 bits per heavy atom. The summed E-state index contributed by atoms with van der Waals surface area (Å²) in [7, 11) is -4.00. The van der Waals surface area contributed by atoms with E-state index >= 15 is 0 Å². The van der Waals surface area contributed by atoms with E-state index in [0.29, 0.717) is 22.9 Å². The van der Waals surface area contributed by atoms with Gasteiger partial charge in [0.2, 0.25) is 0 Å². The molecule has 0 unspecified atom stereocenters. The summed E-state index contributed by atoms with van der Waals surface area (Å²) in [6.07, 6.45) is 0.832. The molecule has 0 aliphatic carbocycles. The first-order valence-corrected chi connectivity index (χ1v) is 19.1. The lowest BCUT2D eigenvalue weighted by Gasteiger charge is -2.38. The minimum Gasteiger partial charge on any atom is -0.493 e. The summed E-state index contributed by atoms with van der Waals surface area (Å²) >= 11 is 0. The van der Waals surface area contributed by atoms with E-state index < -0.39 is 63.6 Å². The maximum atomic E-state index is 14.7. The van der Waals surface area contributed by atoms with Crippen molar-refractivity contribution >= 4 is 19.8 Å². The lowest BCUT2D eigenvalue weighted by atomic mass is 9.94. The molecule has 3 rings (SSSR count). The lowest BCUT2D eigenvalue weighted by molar-refractivity contribution is -0.367. The number of benzene rings is 2. The number of ether oxygens (including phenoxy) is 1. The van der Waals surface area contributed by atoms with E-state index in [4.69, 9.17) is 22.4 Å². The van der Waals surface area contributed by atoms with Crippen LogP contribution >= 0.6 is 0 Å². The zero-order valence-electron chi connectivity index (χ0n) is 29.5. The molecule has 286 valence electrons. The van der Waals surface area contributed by atoms with Gasteiger partial charge in [-0.15, -0.1) is 0 Å². The molecule has 3 aromatic rings. The van der Waals surface area contributed by atoms with Gasteiger partial charge in [-0.1, -0.05) is 44.9 Å². The van der Waals surface area contributed by atoms with Crippen molar-refractivity contribution in [3.8, 4) is 16.9 Å². The Hall–Kier alpha value is -3.01. The molecule has 0 fully saturated rings. The highest BCUT2D eigenvalue weighted by Crippen LogP contribution is 2.55. The van der Waals surface area contributed by atoms with Crippen molar-refractivity contribution in [1.82, 2.24) is 0 Å². The van der Waals surface area contributed by atoms with Crippen LogP contribution in [0.3, 0.4) is 0 Å². The highest BCUT2D eigenvalue weighted by molar-refractivity contribution is 6.60. The van der Waals surface area contributed by atoms with E-state index in [-0.39, 0.29) is 31.2 Å². The monoisotopic (exact) mass is 754 g/mol. The fraction of sp³-hybridized carbons (Fsp3) is 0.583. The minimum atomic E-state index is -6.47. The predicted octanol–water partition coefficient (Wildman–Crippen LogP) is 10.5. The third-order valence-electron chi connectivity index (χ3n) is 8.45. The molecule has 0 N–H and O–H groups in total. The molecule has 0 radical (unpaired) electrons. The van der Waals surface area contributed by atoms with Gasteiger partial charge in [-0.2, -0.15) is 35.1 Å². The van der Waals surface area contributed by atoms with Gasteiger partial charge in [-0.25, -0.2) is 4.79 Å². The number of rotatable bonds is 22. The third-order valence-corrected chi connectivity index (χ3v) is 11.5. The second kappa shape index (κ2) is 17.7. The molecule has 15 heteroatoms. The quantitative estimate of drug-likeness (QED) is 0.0440. The van der Waals surface area contributed by atoms with Crippen LogP contribution in [0, 0.1) is 0 Å². The average Bonchev–Trinajstić information content (AvgIpc) is 3.07. The SMILES string of the molecule is CCCCCc1ccc(-c2cc3ccc(OCCC(F)(F)C(F)(F)C(F)(F)C(F)(F)CC[Si](OCC)(OCC)OCC)cc3oc2=O)c(CC)c1. The van der Waals surface area contributed by atoms with Gasteiger partial charge in [-0.05, 0) is 74.9 Å². The summed E-state index contributed by atoms with van der Waals surface area (Å²) < 4.78 is 144. The molecule has 2 aromatic carbocycles. The maximum Gasteiger partial charge on any atom is 0.501 e. The van der Waals surface area contributed by atoms with Crippen LogP contribution in [-0.2, 0) is 26.1 Å². The van der Waals surface area contributed by atoms with Gasteiger partial charge in [0, 0.05) is 43.7 Å². The molecule has 1 heterocycles. The molecular weight excluding hydrogens is 708 g/mol. The molecule has 0 saturated carbocycles. The smallest absolute Gasteiger partial charge is 0.493 e. The van der Waals surface area contributed by atoms with E-state index in [9.17, 15) is 39.9 Å². The van der Waals surface area contributed by atoms with E-state index in [1.54, 1.807) is 6.07 Å². The molecule has 0 aliphatic heterocycles. The van der Waals surface area contributed by atoms with E-state index in [2.05, 4.69) is 13.0 Å². The Kier molecular flexibility index (Phi) is 14.7. The number of aryl methyl sites for hydroxylation is 2. The van der Waals surface area contributed by atoms with E-state index in [0.717, 1.165) is 42.9 Å². The Bertz CT molecular complexity index is 1610. The Morgan fingerprint density at radius 1 is 0.706 bits per heavy atom. The predicted molar refractivity (Wildman–Crippen MR) is 180 cm³/mol. The van der Waals surface area contributed by atoms with Crippen molar-refractivity contribution in [1.29, 1.82) is 0 Å². The molecular formula is C36H46F8O6Si. The largest absolute Gasteiger partial charge is 0.501 e. The summed E-state index contributed by atoms with van der Waals surface area (Å²) in [4.78, 5) is 13.0. The van der Waals surface area contributed by atoms with Crippen molar-refractivity contribution < 1.29 is 57.6 Å². The first-order chi connectivity index (χ1) is 23.9. The van der Waals surface area contributed by atoms with Crippen LogP contribution in [0.1, 0.15) is 77.8 Å². The van der Waals surface area contributed by atoms with Crippen molar-refractivity contribution in [2.75, 3.05) is 26.4 Å². The van der Waals surface area contributed by atoms with Gasteiger partial charge in [0.1, 0.15) is 11.3 Å². The topological polar surface area (TPSA) is 67.1 Å². The molecule has 6 nitrogen and oxygen atoms in total. The number of halogens is 8. The van der Waals surface area contributed by atoms with Crippen LogP contribution in [0.4, 0.5) is 35.1 Å². The van der Waals surface area contributed by atoms with Crippen LogP contribution in [0.5, 0.6) is 5.75 Å². The van der Waals surface area contributed by atoms with Crippen LogP contribution in [0.2, 0.25) is 6.04 Å². The molecule has 1 aromatic heterocycles. The Balaban J connectivity index is 1.74. The van der Waals surface area contributed by atoms with Crippen LogP contribution in [0.15, 0.2) is 51.7 Å². The average molecular weight is 755 g/mol. The summed E-state index contributed by atoms with van der Waals surface area (Å²) in [5.41, 5.74) is 2.40. The van der Waals surface area contributed by atoms with Gasteiger partial charge >= 0.3 is 38.1 Å². The Labute approximate surface area is 293 Å².